The van der Waals surface area contributed by atoms with Gasteiger partial charge in [0.05, 0.1) is 18.8 Å². The Kier molecular flexibility index (Phi) is 4.51. The van der Waals surface area contributed by atoms with Crippen molar-refractivity contribution in [3.8, 4) is 0 Å². The Morgan fingerprint density at radius 3 is 3.00 bits per heavy atom. The molecule has 2 heterocycles. The fourth-order valence-corrected chi connectivity index (χ4v) is 4.47. The van der Waals surface area contributed by atoms with E-state index in [1.807, 2.05) is 0 Å². The summed E-state index contributed by atoms with van der Waals surface area (Å²) in [4.78, 5) is 3.65. The highest BCUT2D eigenvalue weighted by atomic mass is 79.9. The van der Waals surface area contributed by atoms with Gasteiger partial charge in [-0.25, -0.2) is 0 Å². The molecule has 0 aromatic carbocycles. The molecule has 0 amide bonds. The summed E-state index contributed by atoms with van der Waals surface area (Å²) >= 11 is 11.3. The van der Waals surface area contributed by atoms with Gasteiger partial charge in [0.1, 0.15) is 4.34 Å². The van der Waals surface area contributed by atoms with Crippen molar-refractivity contribution in [3.63, 3.8) is 0 Å². The van der Waals surface area contributed by atoms with Crippen LogP contribution in [0.2, 0.25) is 4.34 Å². The zero-order valence-corrected chi connectivity index (χ0v) is 14.0. The Labute approximate surface area is 131 Å². The Bertz CT molecular complexity index is 432. The molecule has 0 spiro atoms. The quantitative estimate of drug-likeness (QED) is 0.886. The van der Waals surface area contributed by atoms with Gasteiger partial charge < -0.3 is 10.1 Å². The van der Waals surface area contributed by atoms with Gasteiger partial charge in [-0.3, -0.25) is 4.90 Å². The van der Waals surface area contributed by atoms with Gasteiger partial charge in [0.2, 0.25) is 0 Å². The number of thiophene rings is 1. The maximum atomic E-state index is 6.18. The number of likely N-dealkylation sites (N-methyl/N-ethyl adjacent to an activating group) is 1. The van der Waals surface area contributed by atoms with E-state index < -0.39 is 0 Å². The molecule has 1 aliphatic carbocycles. The van der Waals surface area contributed by atoms with Crippen molar-refractivity contribution >= 4 is 38.9 Å². The number of ether oxygens (including phenoxy) is 1. The SMILES string of the molecule is CN1CCOC(CNC2CC2)C1c1cc(Br)c(Cl)s1. The van der Waals surface area contributed by atoms with Crippen molar-refractivity contribution in [2.75, 3.05) is 26.7 Å². The van der Waals surface area contributed by atoms with Gasteiger partial charge in [0, 0.05) is 28.5 Å². The lowest BCUT2D eigenvalue weighted by Gasteiger charge is -2.38. The molecule has 3 nitrogen and oxygen atoms in total. The first-order valence-electron chi connectivity index (χ1n) is 6.65. The highest BCUT2D eigenvalue weighted by Crippen LogP contribution is 2.39. The van der Waals surface area contributed by atoms with Crippen LogP contribution in [0.3, 0.4) is 0 Å². The fourth-order valence-electron chi connectivity index (χ4n) is 2.51. The highest BCUT2D eigenvalue weighted by Gasteiger charge is 2.34. The van der Waals surface area contributed by atoms with E-state index in [1.165, 1.54) is 17.7 Å². The Morgan fingerprint density at radius 2 is 2.37 bits per heavy atom. The first-order valence-corrected chi connectivity index (χ1v) is 8.64. The van der Waals surface area contributed by atoms with Crippen LogP contribution < -0.4 is 5.32 Å². The molecule has 3 rings (SSSR count). The van der Waals surface area contributed by atoms with Crippen molar-refractivity contribution in [3.05, 3.63) is 19.8 Å². The van der Waals surface area contributed by atoms with E-state index in [0.717, 1.165) is 34.5 Å². The molecule has 2 aliphatic rings. The third-order valence-electron chi connectivity index (χ3n) is 3.74. The second-order valence-corrected chi connectivity index (χ2v) is 7.83. The van der Waals surface area contributed by atoms with Gasteiger partial charge in [-0.05, 0) is 41.9 Å². The lowest BCUT2D eigenvalue weighted by Crippen LogP contribution is -2.47. The number of nitrogens with one attached hydrogen (secondary N) is 1. The summed E-state index contributed by atoms with van der Waals surface area (Å²) in [6.45, 7) is 2.70. The summed E-state index contributed by atoms with van der Waals surface area (Å²) in [5, 5.41) is 3.58. The Hall–Kier alpha value is 0.350. The van der Waals surface area contributed by atoms with Crippen molar-refractivity contribution in [2.45, 2.75) is 31.0 Å². The molecule has 1 N–H and O–H groups in total. The molecular formula is C13H18BrClN2OS. The van der Waals surface area contributed by atoms with Crippen LogP contribution in [-0.4, -0.2) is 43.8 Å². The number of hydrogen-bond donors (Lipinski definition) is 1. The molecule has 2 fully saturated rings. The van der Waals surface area contributed by atoms with Gasteiger partial charge in [0.25, 0.3) is 0 Å². The molecule has 1 aliphatic heterocycles. The number of rotatable bonds is 4. The van der Waals surface area contributed by atoms with Crippen LogP contribution in [0.4, 0.5) is 0 Å². The van der Waals surface area contributed by atoms with Crippen LogP contribution in [0.1, 0.15) is 23.8 Å². The van der Waals surface area contributed by atoms with Crippen LogP contribution in [0.5, 0.6) is 0 Å². The Balaban J connectivity index is 1.75. The molecule has 1 aromatic rings. The topological polar surface area (TPSA) is 24.5 Å². The molecule has 1 saturated heterocycles. The molecule has 0 bridgehead atoms. The fraction of sp³-hybridized carbons (Fsp3) is 0.692. The minimum Gasteiger partial charge on any atom is -0.374 e. The molecule has 0 radical (unpaired) electrons. The van der Waals surface area contributed by atoms with Crippen molar-refractivity contribution < 1.29 is 4.74 Å². The average molecular weight is 366 g/mol. The van der Waals surface area contributed by atoms with Crippen molar-refractivity contribution in [2.24, 2.45) is 0 Å². The van der Waals surface area contributed by atoms with Gasteiger partial charge in [-0.2, -0.15) is 0 Å². The van der Waals surface area contributed by atoms with Gasteiger partial charge in [-0.1, -0.05) is 11.6 Å². The average Bonchev–Trinajstić information content (AvgIpc) is 3.14. The standard InChI is InChI=1S/C13H18BrClN2OS/c1-17-4-5-18-10(7-16-8-2-3-8)12(17)11-6-9(14)13(15)19-11/h6,8,10,12,16H,2-5,7H2,1H3. The zero-order chi connectivity index (χ0) is 13.4. The first kappa shape index (κ1) is 14.3. The second kappa shape index (κ2) is 6.00. The van der Waals surface area contributed by atoms with Gasteiger partial charge in [0.15, 0.2) is 0 Å². The van der Waals surface area contributed by atoms with Crippen LogP contribution in [0, 0.1) is 0 Å². The Morgan fingerprint density at radius 1 is 1.58 bits per heavy atom. The number of nitrogens with zero attached hydrogens (tertiary/aromatic N) is 1. The number of morpholine rings is 1. The normalized spacial score (nSPS) is 28.8. The van der Waals surface area contributed by atoms with E-state index in [1.54, 1.807) is 11.3 Å². The smallest absolute Gasteiger partial charge is 0.107 e. The number of hydrogen-bond acceptors (Lipinski definition) is 4. The van der Waals surface area contributed by atoms with Crippen molar-refractivity contribution in [1.29, 1.82) is 0 Å². The van der Waals surface area contributed by atoms with E-state index in [4.69, 9.17) is 16.3 Å². The summed E-state index contributed by atoms with van der Waals surface area (Å²) in [6.07, 6.45) is 2.83. The van der Waals surface area contributed by atoms with Crippen molar-refractivity contribution in [1.82, 2.24) is 10.2 Å². The van der Waals surface area contributed by atoms with Gasteiger partial charge in [-0.15, -0.1) is 11.3 Å². The van der Waals surface area contributed by atoms with Crippen LogP contribution >= 0.6 is 38.9 Å². The molecule has 1 aromatic heterocycles. The third-order valence-corrected chi connectivity index (χ3v) is 6.29. The van der Waals surface area contributed by atoms with E-state index >= 15 is 0 Å². The molecular weight excluding hydrogens is 348 g/mol. The highest BCUT2D eigenvalue weighted by molar-refractivity contribution is 9.10. The number of halogens is 2. The predicted octanol–water partition coefficient (Wildman–Crippen LogP) is 3.29. The summed E-state index contributed by atoms with van der Waals surface area (Å²) in [6, 6.07) is 3.15. The van der Waals surface area contributed by atoms with E-state index in [0.29, 0.717) is 6.04 Å². The third kappa shape index (κ3) is 3.34. The van der Waals surface area contributed by atoms with E-state index in [2.05, 4.69) is 39.3 Å². The maximum absolute atomic E-state index is 6.18. The maximum Gasteiger partial charge on any atom is 0.107 e. The van der Waals surface area contributed by atoms with Gasteiger partial charge >= 0.3 is 0 Å². The zero-order valence-electron chi connectivity index (χ0n) is 10.9. The largest absolute Gasteiger partial charge is 0.374 e. The minimum atomic E-state index is 0.209. The molecule has 106 valence electrons. The van der Waals surface area contributed by atoms with E-state index in [9.17, 15) is 0 Å². The molecule has 19 heavy (non-hydrogen) atoms. The molecule has 2 atom stereocenters. The van der Waals surface area contributed by atoms with Crippen LogP contribution in [0.25, 0.3) is 0 Å². The minimum absolute atomic E-state index is 0.209. The molecule has 2 unspecified atom stereocenters. The van der Waals surface area contributed by atoms with Crippen LogP contribution in [-0.2, 0) is 4.74 Å². The second-order valence-electron chi connectivity index (χ2n) is 5.29. The summed E-state index contributed by atoms with van der Waals surface area (Å²) in [5.74, 6) is 0. The summed E-state index contributed by atoms with van der Waals surface area (Å²) in [7, 11) is 2.17. The lowest BCUT2D eigenvalue weighted by molar-refractivity contribution is -0.0603. The van der Waals surface area contributed by atoms with Crippen LogP contribution in [0.15, 0.2) is 10.5 Å². The summed E-state index contributed by atoms with van der Waals surface area (Å²) < 4.78 is 7.80. The summed E-state index contributed by atoms with van der Waals surface area (Å²) in [5.41, 5.74) is 0. The van der Waals surface area contributed by atoms with E-state index in [-0.39, 0.29) is 6.10 Å². The lowest BCUT2D eigenvalue weighted by atomic mass is 10.1. The molecule has 1 saturated carbocycles. The molecule has 6 heteroatoms. The predicted molar refractivity (Wildman–Crippen MR) is 83.2 cm³/mol. The first-order chi connectivity index (χ1) is 9.15. The monoisotopic (exact) mass is 364 g/mol.